The Morgan fingerprint density at radius 1 is 1.50 bits per heavy atom. The van der Waals surface area contributed by atoms with Gasteiger partial charge in [0.2, 0.25) is 0 Å². The first-order valence-electron chi connectivity index (χ1n) is 4.58. The van der Waals surface area contributed by atoms with E-state index >= 15 is 0 Å². The summed E-state index contributed by atoms with van der Waals surface area (Å²) >= 11 is 1.18. The van der Waals surface area contributed by atoms with Gasteiger partial charge >= 0.3 is 0 Å². The highest BCUT2D eigenvalue weighted by molar-refractivity contribution is 7.95. The predicted molar refractivity (Wildman–Crippen MR) is 54.0 cm³/mol. The monoisotopic (exact) mass is 192 g/mol. The molecule has 12 heavy (non-hydrogen) atoms. The smallest absolute Gasteiger partial charge is 0.132 e. The van der Waals surface area contributed by atoms with E-state index in [1.54, 1.807) is 6.92 Å². The molecule has 0 aliphatic heterocycles. The van der Waals surface area contributed by atoms with Gasteiger partial charge < -0.3 is 9.29 Å². The van der Waals surface area contributed by atoms with Crippen molar-refractivity contribution in [1.82, 2.24) is 0 Å². The van der Waals surface area contributed by atoms with Crippen LogP contribution in [0, 0.1) is 0 Å². The second-order valence-electron chi connectivity index (χ2n) is 3.31. The zero-order chi connectivity index (χ0) is 9.61. The summed E-state index contributed by atoms with van der Waals surface area (Å²) in [6, 6.07) is 0. The third-order valence-corrected chi connectivity index (χ3v) is 2.82. The highest BCUT2D eigenvalue weighted by atomic mass is 32.2. The summed E-state index contributed by atoms with van der Waals surface area (Å²) in [5.74, 6) is 0. The molecule has 0 saturated carbocycles. The average Bonchev–Trinajstić information content (AvgIpc) is 2.02. The van der Waals surface area contributed by atoms with Crippen LogP contribution in [0.5, 0.6) is 0 Å². The van der Waals surface area contributed by atoms with Gasteiger partial charge in [0.1, 0.15) is 4.93 Å². The Labute approximate surface area is 79.9 Å². The van der Waals surface area contributed by atoms with Gasteiger partial charge in [-0.05, 0) is 26.7 Å². The molecule has 0 spiro atoms. The molecule has 0 rings (SSSR count). The average molecular weight is 192 g/mol. The molecule has 0 aliphatic carbocycles. The molecule has 0 amide bonds. The lowest BCUT2D eigenvalue weighted by Crippen LogP contribution is -2.19. The first-order valence-corrected chi connectivity index (χ1v) is 5.33. The summed E-state index contributed by atoms with van der Waals surface area (Å²) < 4.78 is 5.40. The predicted octanol–water partition coefficient (Wildman–Crippen LogP) is 2.96. The molecule has 0 aliphatic rings. The van der Waals surface area contributed by atoms with Crippen LogP contribution in [0.15, 0.2) is 0 Å². The fourth-order valence-corrected chi connectivity index (χ4v) is 1.28. The van der Waals surface area contributed by atoms with Gasteiger partial charge in [-0.25, -0.2) is 0 Å². The Hall–Kier alpha value is 0.270. The van der Waals surface area contributed by atoms with Crippen LogP contribution in [-0.2, 0) is 4.18 Å². The van der Waals surface area contributed by atoms with E-state index in [1.807, 2.05) is 13.8 Å². The van der Waals surface area contributed by atoms with Gasteiger partial charge in [0.05, 0.1) is 6.10 Å². The maximum absolute atomic E-state index is 9.58. The third-order valence-electron chi connectivity index (χ3n) is 1.74. The van der Waals surface area contributed by atoms with Gasteiger partial charge in [0.25, 0.3) is 0 Å². The number of aliphatic hydroxyl groups is 1. The lowest BCUT2D eigenvalue weighted by atomic mass is 10.2. The first kappa shape index (κ1) is 12.3. The molecular weight excluding hydrogens is 172 g/mol. The van der Waals surface area contributed by atoms with E-state index in [2.05, 4.69) is 6.92 Å². The maximum atomic E-state index is 9.58. The molecule has 0 radical (unpaired) electrons. The normalized spacial score (nSPS) is 18.8. The second kappa shape index (κ2) is 5.84. The Kier molecular flexibility index (Phi) is 5.97. The van der Waals surface area contributed by atoms with E-state index in [9.17, 15) is 5.11 Å². The Balaban J connectivity index is 3.52. The van der Waals surface area contributed by atoms with Gasteiger partial charge in [-0.2, -0.15) is 0 Å². The standard InChI is InChI=1S/C9H20O2S/c1-5-7-8(3)11-12-9(4,10)6-2/h8,10H,5-7H2,1-4H3. The molecule has 3 heteroatoms. The van der Waals surface area contributed by atoms with E-state index < -0.39 is 4.93 Å². The summed E-state index contributed by atoms with van der Waals surface area (Å²) in [7, 11) is 0. The second-order valence-corrected chi connectivity index (χ2v) is 4.55. The molecule has 2 unspecified atom stereocenters. The highest BCUT2D eigenvalue weighted by Crippen LogP contribution is 2.27. The van der Waals surface area contributed by atoms with Crippen LogP contribution < -0.4 is 0 Å². The summed E-state index contributed by atoms with van der Waals surface area (Å²) in [5.41, 5.74) is 0. The van der Waals surface area contributed by atoms with Crippen molar-refractivity contribution in [1.29, 1.82) is 0 Å². The minimum atomic E-state index is -0.734. The molecule has 0 aromatic heterocycles. The first-order chi connectivity index (χ1) is 5.52. The van der Waals surface area contributed by atoms with Crippen molar-refractivity contribution in [2.75, 3.05) is 0 Å². The molecule has 0 aromatic rings. The van der Waals surface area contributed by atoms with Gasteiger partial charge in [0.15, 0.2) is 0 Å². The van der Waals surface area contributed by atoms with Gasteiger partial charge in [-0.3, -0.25) is 0 Å². The van der Waals surface area contributed by atoms with Gasteiger partial charge in [-0.1, -0.05) is 20.3 Å². The number of rotatable bonds is 6. The number of hydrogen-bond donors (Lipinski definition) is 1. The Morgan fingerprint density at radius 3 is 2.50 bits per heavy atom. The lowest BCUT2D eigenvalue weighted by Gasteiger charge is -2.21. The van der Waals surface area contributed by atoms with Crippen LogP contribution in [0.3, 0.4) is 0 Å². The zero-order valence-electron chi connectivity index (χ0n) is 8.46. The highest BCUT2D eigenvalue weighted by Gasteiger charge is 2.20. The summed E-state index contributed by atoms with van der Waals surface area (Å²) in [4.78, 5) is -0.734. The minimum absolute atomic E-state index is 0.234. The summed E-state index contributed by atoms with van der Waals surface area (Å²) in [6.07, 6.45) is 3.11. The fraction of sp³-hybridized carbons (Fsp3) is 1.00. The van der Waals surface area contributed by atoms with Gasteiger partial charge in [0, 0.05) is 12.0 Å². The van der Waals surface area contributed by atoms with Crippen molar-refractivity contribution < 1.29 is 9.29 Å². The van der Waals surface area contributed by atoms with Crippen LogP contribution in [0.2, 0.25) is 0 Å². The van der Waals surface area contributed by atoms with E-state index in [-0.39, 0.29) is 6.10 Å². The van der Waals surface area contributed by atoms with Crippen molar-refractivity contribution in [3.63, 3.8) is 0 Å². The van der Waals surface area contributed by atoms with E-state index in [1.165, 1.54) is 12.0 Å². The van der Waals surface area contributed by atoms with Crippen molar-refractivity contribution in [2.24, 2.45) is 0 Å². The molecule has 2 nitrogen and oxygen atoms in total. The largest absolute Gasteiger partial charge is 0.377 e. The van der Waals surface area contributed by atoms with Crippen LogP contribution in [0.25, 0.3) is 0 Å². The molecule has 0 fully saturated rings. The van der Waals surface area contributed by atoms with Crippen molar-refractivity contribution in [3.8, 4) is 0 Å². The number of hydrogen-bond acceptors (Lipinski definition) is 3. The van der Waals surface area contributed by atoms with Crippen LogP contribution >= 0.6 is 12.0 Å². The Morgan fingerprint density at radius 2 is 2.08 bits per heavy atom. The molecule has 0 bridgehead atoms. The van der Waals surface area contributed by atoms with Crippen molar-refractivity contribution in [3.05, 3.63) is 0 Å². The molecule has 1 N–H and O–H groups in total. The molecule has 2 atom stereocenters. The van der Waals surface area contributed by atoms with Crippen molar-refractivity contribution >= 4 is 12.0 Å². The molecule has 0 saturated heterocycles. The fourth-order valence-electron chi connectivity index (χ4n) is 0.699. The minimum Gasteiger partial charge on any atom is -0.377 e. The lowest BCUT2D eigenvalue weighted by molar-refractivity contribution is 0.132. The van der Waals surface area contributed by atoms with Crippen LogP contribution in [0.1, 0.15) is 47.0 Å². The van der Waals surface area contributed by atoms with Crippen LogP contribution in [-0.4, -0.2) is 16.1 Å². The summed E-state index contributed by atoms with van der Waals surface area (Å²) in [6.45, 7) is 7.88. The molecular formula is C9H20O2S. The zero-order valence-corrected chi connectivity index (χ0v) is 9.28. The topological polar surface area (TPSA) is 29.5 Å². The SMILES string of the molecule is CCCC(C)OSC(C)(O)CC. The van der Waals surface area contributed by atoms with E-state index in [0.717, 1.165) is 12.8 Å². The van der Waals surface area contributed by atoms with E-state index in [4.69, 9.17) is 4.18 Å². The molecule has 0 heterocycles. The van der Waals surface area contributed by atoms with Crippen molar-refractivity contribution in [2.45, 2.75) is 58.0 Å². The third kappa shape index (κ3) is 5.86. The van der Waals surface area contributed by atoms with E-state index in [0.29, 0.717) is 6.42 Å². The summed E-state index contributed by atoms with van der Waals surface area (Å²) in [5, 5.41) is 9.58. The van der Waals surface area contributed by atoms with Crippen LogP contribution in [0.4, 0.5) is 0 Å². The molecule has 74 valence electrons. The Bertz CT molecular complexity index is 115. The maximum Gasteiger partial charge on any atom is 0.132 e. The molecule has 0 aromatic carbocycles. The quantitative estimate of drug-likeness (QED) is 0.518. The van der Waals surface area contributed by atoms with Gasteiger partial charge in [-0.15, -0.1) is 0 Å².